The molecule has 3 unspecified atom stereocenters. The summed E-state index contributed by atoms with van der Waals surface area (Å²) < 4.78 is 5.44. The summed E-state index contributed by atoms with van der Waals surface area (Å²) in [5.41, 5.74) is 0. The number of thioether (sulfide) groups is 2. The number of hydrogen-bond donors (Lipinski definition) is 1. The summed E-state index contributed by atoms with van der Waals surface area (Å²) in [6.45, 7) is 2.34. The highest BCUT2D eigenvalue weighted by Gasteiger charge is 2.29. The summed E-state index contributed by atoms with van der Waals surface area (Å²) in [7, 11) is 2.06. The van der Waals surface area contributed by atoms with E-state index in [1.165, 1.54) is 11.5 Å². The molecule has 0 bridgehead atoms. The lowest BCUT2D eigenvalue weighted by Gasteiger charge is -2.34. The smallest absolute Gasteiger partial charge is 0.105 e. The van der Waals surface area contributed by atoms with E-state index in [0.29, 0.717) is 11.3 Å². The standard InChI is InChI=1S/C12H19NOS2/c1-9-12(16-7-6-15-9)11(13-2)8-10-4-3-5-14-10/h3-5,9,11-13H,6-8H2,1-2H3. The van der Waals surface area contributed by atoms with Gasteiger partial charge in [0.05, 0.1) is 6.26 Å². The SMILES string of the molecule is CNC(Cc1ccco1)C1SCCSC1C. The second-order valence-electron chi connectivity index (χ2n) is 4.09. The normalized spacial score (nSPS) is 27.9. The zero-order chi connectivity index (χ0) is 11.4. The van der Waals surface area contributed by atoms with Crippen LogP contribution >= 0.6 is 23.5 Å². The van der Waals surface area contributed by atoms with Crippen LogP contribution in [-0.2, 0) is 6.42 Å². The van der Waals surface area contributed by atoms with Gasteiger partial charge in [-0.1, -0.05) is 6.92 Å². The molecule has 2 heterocycles. The fourth-order valence-corrected chi connectivity index (χ4v) is 5.12. The third-order valence-electron chi connectivity index (χ3n) is 3.01. The largest absolute Gasteiger partial charge is 0.469 e. The molecule has 2 nitrogen and oxygen atoms in total. The first kappa shape index (κ1) is 12.4. The lowest BCUT2D eigenvalue weighted by molar-refractivity contribution is 0.448. The Hall–Kier alpha value is -0.0600. The van der Waals surface area contributed by atoms with E-state index in [2.05, 4.69) is 48.9 Å². The molecule has 16 heavy (non-hydrogen) atoms. The molecular formula is C12H19NOS2. The topological polar surface area (TPSA) is 25.2 Å². The van der Waals surface area contributed by atoms with Crippen molar-refractivity contribution in [3.63, 3.8) is 0 Å². The summed E-state index contributed by atoms with van der Waals surface area (Å²) in [6, 6.07) is 4.54. The van der Waals surface area contributed by atoms with Crippen LogP contribution in [0.1, 0.15) is 12.7 Å². The van der Waals surface area contributed by atoms with Gasteiger partial charge in [0.25, 0.3) is 0 Å². The van der Waals surface area contributed by atoms with Crippen molar-refractivity contribution in [2.45, 2.75) is 29.9 Å². The number of nitrogens with one attached hydrogen (secondary N) is 1. The molecule has 3 atom stereocenters. The first-order chi connectivity index (χ1) is 7.81. The van der Waals surface area contributed by atoms with Gasteiger partial charge in [-0.2, -0.15) is 23.5 Å². The molecule has 1 fully saturated rings. The van der Waals surface area contributed by atoms with Crippen LogP contribution in [0.2, 0.25) is 0 Å². The van der Waals surface area contributed by atoms with Crippen LogP contribution in [0.4, 0.5) is 0 Å². The lowest BCUT2D eigenvalue weighted by Crippen LogP contribution is -2.44. The Morgan fingerprint density at radius 3 is 2.94 bits per heavy atom. The number of rotatable bonds is 4. The predicted molar refractivity (Wildman–Crippen MR) is 73.4 cm³/mol. The van der Waals surface area contributed by atoms with E-state index in [0.717, 1.165) is 17.4 Å². The zero-order valence-corrected chi connectivity index (χ0v) is 11.4. The lowest BCUT2D eigenvalue weighted by atomic mass is 10.1. The second kappa shape index (κ2) is 6.03. The molecule has 1 aromatic heterocycles. The van der Waals surface area contributed by atoms with Gasteiger partial charge < -0.3 is 9.73 Å². The van der Waals surface area contributed by atoms with Crippen molar-refractivity contribution in [3.05, 3.63) is 24.2 Å². The molecule has 0 aromatic carbocycles. The van der Waals surface area contributed by atoms with E-state index in [9.17, 15) is 0 Å². The fraction of sp³-hybridized carbons (Fsp3) is 0.667. The van der Waals surface area contributed by atoms with Crippen molar-refractivity contribution in [2.24, 2.45) is 0 Å². The Morgan fingerprint density at radius 2 is 2.31 bits per heavy atom. The van der Waals surface area contributed by atoms with Crippen LogP contribution in [0, 0.1) is 0 Å². The minimum atomic E-state index is 0.513. The Kier molecular flexibility index (Phi) is 4.67. The van der Waals surface area contributed by atoms with Gasteiger partial charge >= 0.3 is 0 Å². The molecule has 1 N–H and O–H groups in total. The van der Waals surface area contributed by atoms with Crippen molar-refractivity contribution in [1.82, 2.24) is 5.32 Å². The van der Waals surface area contributed by atoms with Gasteiger partial charge in [0, 0.05) is 34.5 Å². The quantitative estimate of drug-likeness (QED) is 0.896. The molecule has 0 spiro atoms. The average molecular weight is 257 g/mol. The molecule has 0 aliphatic carbocycles. The third-order valence-corrected chi connectivity index (χ3v) is 6.26. The highest BCUT2D eigenvalue weighted by Crippen LogP contribution is 2.33. The maximum Gasteiger partial charge on any atom is 0.105 e. The van der Waals surface area contributed by atoms with E-state index in [1.807, 2.05) is 6.07 Å². The molecule has 0 radical (unpaired) electrons. The maximum absolute atomic E-state index is 5.44. The molecule has 0 saturated carbocycles. The predicted octanol–water partition coefficient (Wildman–Crippen LogP) is 2.65. The highest BCUT2D eigenvalue weighted by molar-refractivity contribution is 8.07. The van der Waals surface area contributed by atoms with Gasteiger partial charge in [-0.25, -0.2) is 0 Å². The van der Waals surface area contributed by atoms with Gasteiger partial charge in [0.1, 0.15) is 5.76 Å². The first-order valence-electron chi connectivity index (χ1n) is 5.74. The average Bonchev–Trinajstić information content (AvgIpc) is 2.80. The fourth-order valence-electron chi connectivity index (χ4n) is 2.12. The van der Waals surface area contributed by atoms with E-state index in [1.54, 1.807) is 6.26 Å². The van der Waals surface area contributed by atoms with Gasteiger partial charge in [-0.3, -0.25) is 0 Å². The molecule has 2 rings (SSSR count). The maximum atomic E-state index is 5.44. The highest BCUT2D eigenvalue weighted by atomic mass is 32.2. The molecule has 1 aliphatic rings. The Labute approximate surface area is 106 Å². The molecule has 4 heteroatoms. The van der Waals surface area contributed by atoms with Crippen LogP contribution in [0.3, 0.4) is 0 Å². The number of furan rings is 1. The van der Waals surface area contributed by atoms with E-state index in [-0.39, 0.29) is 0 Å². The summed E-state index contributed by atoms with van der Waals surface area (Å²) in [5, 5.41) is 4.86. The number of likely N-dealkylation sites (N-methyl/N-ethyl adjacent to an activating group) is 1. The Morgan fingerprint density at radius 1 is 1.50 bits per heavy atom. The second-order valence-corrected chi connectivity index (χ2v) is 6.86. The van der Waals surface area contributed by atoms with Crippen LogP contribution < -0.4 is 5.32 Å². The van der Waals surface area contributed by atoms with E-state index in [4.69, 9.17) is 4.42 Å². The zero-order valence-electron chi connectivity index (χ0n) is 9.81. The van der Waals surface area contributed by atoms with Gasteiger partial charge in [-0.15, -0.1) is 0 Å². The van der Waals surface area contributed by atoms with Crippen molar-refractivity contribution >= 4 is 23.5 Å². The molecule has 90 valence electrons. The van der Waals surface area contributed by atoms with Gasteiger partial charge in [0.2, 0.25) is 0 Å². The van der Waals surface area contributed by atoms with E-state index < -0.39 is 0 Å². The number of hydrogen-bond acceptors (Lipinski definition) is 4. The Bertz CT molecular complexity index is 302. The molecule has 1 aliphatic heterocycles. The molecular weight excluding hydrogens is 238 g/mol. The summed E-state index contributed by atoms with van der Waals surface area (Å²) in [4.78, 5) is 0. The summed E-state index contributed by atoms with van der Waals surface area (Å²) in [5.74, 6) is 3.65. The Balaban J connectivity index is 1.98. The molecule has 0 amide bonds. The van der Waals surface area contributed by atoms with Crippen molar-refractivity contribution in [3.8, 4) is 0 Å². The van der Waals surface area contributed by atoms with Gasteiger partial charge in [-0.05, 0) is 19.2 Å². The molecule has 1 aromatic rings. The summed E-state index contributed by atoms with van der Waals surface area (Å²) >= 11 is 4.19. The van der Waals surface area contributed by atoms with Crippen LogP contribution in [0.15, 0.2) is 22.8 Å². The van der Waals surface area contributed by atoms with Gasteiger partial charge in [0.15, 0.2) is 0 Å². The monoisotopic (exact) mass is 257 g/mol. The van der Waals surface area contributed by atoms with Crippen LogP contribution in [0.25, 0.3) is 0 Å². The van der Waals surface area contributed by atoms with Crippen LogP contribution in [-0.4, -0.2) is 35.1 Å². The van der Waals surface area contributed by atoms with E-state index >= 15 is 0 Å². The minimum Gasteiger partial charge on any atom is -0.469 e. The van der Waals surface area contributed by atoms with Crippen LogP contribution in [0.5, 0.6) is 0 Å². The van der Waals surface area contributed by atoms with Crippen molar-refractivity contribution < 1.29 is 4.42 Å². The molecule has 1 saturated heterocycles. The van der Waals surface area contributed by atoms with Crippen molar-refractivity contribution in [2.75, 3.05) is 18.6 Å². The third kappa shape index (κ3) is 2.99. The van der Waals surface area contributed by atoms with Crippen molar-refractivity contribution in [1.29, 1.82) is 0 Å². The minimum absolute atomic E-state index is 0.513. The first-order valence-corrected chi connectivity index (χ1v) is 7.84. The summed E-state index contributed by atoms with van der Waals surface area (Å²) in [6.07, 6.45) is 2.75.